The van der Waals surface area contributed by atoms with E-state index in [0.717, 1.165) is 12.0 Å². The van der Waals surface area contributed by atoms with Gasteiger partial charge in [0, 0.05) is 24.7 Å². The third kappa shape index (κ3) is 2.12. The van der Waals surface area contributed by atoms with Gasteiger partial charge < -0.3 is 10.2 Å². The smallest absolute Gasteiger partial charge is 0.0174 e. The van der Waals surface area contributed by atoms with Crippen LogP contribution in [0.3, 0.4) is 0 Å². The zero-order valence-electron chi connectivity index (χ0n) is 9.84. The van der Waals surface area contributed by atoms with Crippen LogP contribution in [0.2, 0.25) is 0 Å². The first kappa shape index (κ1) is 10.4. The Morgan fingerprint density at radius 3 is 2.29 bits per heavy atom. The standard InChI is InChI=1S/C12H24N2/c1-10(11-4-5-11)14-8-6-12(2,13-3)7-9-14/h10-11,13H,4-9H2,1-3H3. The molecule has 0 aromatic carbocycles. The molecular formula is C12H24N2. The summed E-state index contributed by atoms with van der Waals surface area (Å²) < 4.78 is 0. The Labute approximate surface area is 88.1 Å². The Kier molecular flexibility index (Phi) is 2.85. The van der Waals surface area contributed by atoms with E-state index in [1.54, 1.807) is 0 Å². The third-order valence-corrected chi connectivity index (χ3v) is 4.39. The molecule has 1 heterocycles. The summed E-state index contributed by atoms with van der Waals surface area (Å²) in [6.45, 7) is 7.34. The fraction of sp³-hybridized carbons (Fsp3) is 1.00. The fourth-order valence-corrected chi connectivity index (χ4v) is 2.55. The number of likely N-dealkylation sites (tertiary alicyclic amines) is 1. The van der Waals surface area contributed by atoms with Crippen LogP contribution >= 0.6 is 0 Å². The Morgan fingerprint density at radius 1 is 1.29 bits per heavy atom. The molecule has 0 aromatic heterocycles. The fourth-order valence-electron chi connectivity index (χ4n) is 2.55. The monoisotopic (exact) mass is 196 g/mol. The van der Waals surface area contributed by atoms with Gasteiger partial charge in [-0.3, -0.25) is 0 Å². The molecule has 1 unspecified atom stereocenters. The molecule has 82 valence electrons. The SMILES string of the molecule is CNC1(C)CCN(C(C)C2CC2)CC1. The second-order valence-electron chi connectivity index (χ2n) is 5.42. The quantitative estimate of drug-likeness (QED) is 0.741. The Balaban J connectivity index is 1.82. The van der Waals surface area contributed by atoms with Gasteiger partial charge in [-0.15, -0.1) is 0 Å². The molecule has 0 radical (unpaired) electrons. The summed E-state index contributed by atoms with van der Waals surface area (Å²) in [6.07, 6.45) is 5.56. The Hall–Kier alpha value is -0.0800. The highest BCUT2D eigenvalue weighted by Gasteiger charge is 2.36. The third-order valence-electron chi connectivity index (χ3n) is 4.39. The highest BCUT2D eigenvalue weighted by Crippen LogP contribution is 2.36. The van der Waals surface area contributed by atoms with Crippen LogP contribution in [0.15, 0.2) is 0 Å². The minimum absolute atomic E-state index is 0.403. The molecule has 1 aliphatic heterocycles. The van der Waals surface area contributed by atoms with E-state index in [0.29, 0.717) is 5.54 Å². The normalized spacial score (nSPS) is 30.2. The van der Waals surface area contributed by atoms with Crippen molar-refractivity contribution in [2.45, 2.75) is 51.1 Å². The summed E-state index contributed by atoms with van der Waals surface area (Å²) >= 11 is 0. The number of nitrogens with zero attached hydrogens (tertiary/aromatic N) is 1. The molecule has 1 saturated heterocycles. The maximum atomic E-state index is 3.46. The number of hydrogen-bond donors (Lipinski definition) is 1. The minimum atomic E-state index is 0.403. The molecule has 2 heteroatoms. The van der Waals surface area contributed by atoms with E-state index in [4.69, 9.17) is 0 Å². The van der Waals surface area contributed by atoms with Gasteiger partial charge in [-0.2, -0.15) is 0 Å². The Bertz CT molecular complexity index is 190. The van der Waals surface area contributed by atoms with Crippen molar-refractivity contribution >= 4 is 0 Å². The number of nitrogens with one attached hydrogen (secondary N) is 1. The molecule has 14 heavy (non-hydrogen) atoms. The van der Waals surface area contributed by atoms with E-state index >= 15 is 0 Å². The van der Waals surface area contributed by atoms with Crippen molar-refractivity contribution in [3.63, 3.8) is 0 Å². The first-order valence-electron chi connectivity index (χ1n) is 6.07. The maximum absolute atomic E-state index is 3.46. The molecule has 0 aromatic rings. The molecule has 2 rings (SSSR count). The Morgan fingerprint density at radius 2 is 1.86 bits per heavy atom. The van der Waals surface area contributed by atoms with Gasteiger partial charge in [0.15, 0.2) is 0 Å². The van der Waals surface area contributed by atoms with Crippen LogP contribution in [0.25, 0.3) is 0 Å². The van der Waals surface area contributed by atoms with Gasteiger partial charge in [0.1, 0.15) is 0 Å². The summed E-state index contributed by atoms with van der Waals surface area (Å²) in [4.78, 5) is 2.69. The van der Waals surface area contributed by atoms with Crippen molar-refractivity contribution in [1.29, 1.82) is 0 Å². The minimum Gasteiger partial charge on any atom is -0.314 e. The van der Waals surface area contributed by atoms with E-state index in [1.807, 2.05) is 0 Å². The largest absolute Gasteiger partial charge is 0.314 e. The molecular weight excluding hydrogens is 172 g/mol. The van der Waals surface area contributed by atoms with Crippen LogP contribution in [-0.2, 0) is 0 Å². The lowest BCUT2D eigenvalue weighted by atomic mass is 9.89. The predicted molar refractivity (Wildman–Crippen MR) is 60.5 cm³/mol. The average Bonchev–Trinajstić information content (AvgIpc) is 3.01. The van der Waals surface area contributed by atoms with Crippen LogP contribution in [0.4, 0.5) is 0 Å². The second-order valence-corrected chi connectivity index (χ2v) is 5.42. The predicted octanol–water partition coefficient (Wildman–Crippen LogP) is 1.86. The molecule has 2 aliphatic rings. The first-order chi connectivity index (χ1) is 6.64. The molecule has 2 nitrogen and oxygen atoms in total. The lowest BCUT2D eigenvalue weighted by molar-refractivity contribution is 0.107. The maximum Gasteiger partial charge on any atom is 0.0174 e. The summed E-state index contributed by atoms with van der Waals surface area (Å²) in [7, 11) is 2.10. The summed E-state index contributed by atoms with van der Waals surface area (Å²) in [6, 6.07) is 0.844. The van der Waals surface area contributed by atoms with E-state index in [2.05, 4.69) is 31.1 Å². The summed E-state index contributed by atoms with van der Waals surface area (Å²) in [5.74, 6) is 1.02. The molecule has 1 atom stereocenters. The van der Waals surface area contributed by atoms with E-state index in [1.165, 1.54) is 38.8 Å². The summed E-state index contributed by atoms with van der Waals surface area (Å²) in [5.41, 5.74) is 0.403. The van der Waals surface area contributed by atoms with Gasteiger partial charge in [-0.05, 0) is 52.5 Å². The molecule has 1 aliphatic carbocycles. The van der Waals surface area contributed by atoms with Crippen molar-refractivity contribution in [2.75, 3.05) is 20.1 Å². The van der Waals surface area contributed by atoms with Crippen LogP contribution in [-0.4, -0.2) is 36.6 Å². The lowest BCUT2D eigenvalue weighted by Crippen LogP contribution is -2.52. The van der Waals surface area contributed by atoms with Crippen molar-refractivity contribution in [3.8, 4) is 0 Å². The van der Waals surface area contributed by atoms with Gasteiger partial charge in [-0.25, -0.2) is 0 Å². The van der Waals surface area contributed by atoms with Crippen LogP contribution in [0, 0.1) is 5.92 Å². The lowest BCUT2D eigenvalue weighted by Gasteiger charge is -2.42. The first-order valence-corrected chi connectivity index (χ1v) is 6.07. The van der Waals surface area contributed by atoms with Crippen molar-refractivity contribution < 1.29 is 0 Å². The van der Waals surface area contributed by atoms with E-state index in [9.17, 15) is 0 Å². The number of hydrogen-bond acceptors (Lipinski definition) is 2. The average molecular weight is 196 g/mol. The van der Waals surface area contributed by atoms with Crippen molar-refractivity contribution in [1.82, 2.24) is 10.2 Å². The van der Waals surface area contributed by atoms with E-state index in [-0.39, 0.29) is 0 Å². The number of piperidine rings is 1. The van der Waals surface area contributed by atoms with Crippen LogP contribution in [0.1, 0.15) is 39.5 Å². The summed E-state index contributed by atoms with van der Waals surface area (Å²) in [5, 5.41) is 3.46. The highest BCUT2D eigenvalue weighted by molar-refractivity contribution is 4.93. The molecule has 0 spiro atoms. The topological polar surface area (TPSA) is 15.3 Å². The van der Waals surface area contributed by atoms with Gasteiger partial charge >= 0.3 is 0 Å². The van der Waals surface area contributed by atoms with Crippen LogP contribution in [0.5, 0.6) is 0 Å². The zero-order valence-corrected chi connectivity index (χ0v) is 9.84. The van der Waals surface area contributed by atoms with Gasteiger partial charge in [0.25, 0.3) is 0 Å². The molecule has 0 bridgehead atoms. The van der Waals surface area contributed by atoms with Gasteiger partial charge in [0.05, 0.1) is 0 Å². The van der Waals surface area contributed by atoms with Crippen molar-refractivity contribution in [3.05, 3.63) is 0 Å². The molecule has 1 N–H and O–H groups in total. The second kappa shape index (κ2) is 3.82. The molecule has 0 amide bonds. The molecule has 1 saturated carbocycles. The zero-order chi connectivity index (χ0) is 10.2. The van der Waals surface area contributed by atoms with Crippen molar-refractivity contribution in [2.24, 2.45) is 5.92 Å². The van der Waals surface area contributed by atoms with Crippen LogP contribution < -0.4 is 5.32 Å². The van der Waals surface area contributed by atoms with Gasteiger partial charge in [0.2, 0.25) is 0 Å². The molecule has 2 fully saturated rings. The van der Waals surface area contributed by atoms with E-state index < -0.39 is 0 Å². The number of rotatable bonds is 3. The van der Waals surface area contributed by atoms with Gasteiger partial charge in [-0.1, -0.05) is 0 Å². The highest BCUT2D eigenvalue weighted by atomic mass is 15.2.